The molecule has 0 bridgehead atoms. The van der Waals surface area contributed by atoms with E-state index in [0.717, 1.165) is 18.5 Å². The molecule has 2 aromatic rings. The number of rotatable bonds is 7. The van der Waals surface area contributed by atoms with E-state index < -0.39 is 0 Å². The molecular weight excluding hydrogens is 249 g/mol. The van der Waals surface area contributed by atoms with Gasteiger partial charge in [0.2, 0.25) is 0 Å². The highest BCUT2D eigenvalue weighted by molar-refractivity contribution is 5.20. The lowest BCUT2D eigenvalue weighted by atomic mass is 10.0. The highest BCUT2D eigenvalue weighted by Crippen LogP contribution is 2.19. The van der Waals surface area contributed by atoms with Gasteiger partial charge in [0, 0.05) is 12.6 Å². The molecule has 0 aliphatic carbocycles. The largest absolute Gasteiger partial charge is 0.306 e. The molecule has 2 heteroatoms. The normalized spacial score (nSPS) is 12.3. The van der Waals surface area contributed by atoms with Crippen LogP contribution in [0, 0.1) is 5.82 Å². The van der Waals surface area contributed by atoms with Crippen molar-refractivity contribution in [1.82, 2.24) is 5.32 Å². The highest BCUT2D eigenvalue weighted by atomic mass is 19.1. The molecule has 2 aromatic carbocycles. The van der Waals surface area contributed by atoms with E-state index in [4.69, 9.17) is 0 Å². The third kappa shape index (κ3) is 4.46. The summed E-state index contributed by atoms with van der Waals surface area (Å²) in [6.07, 6.45) is 3.53. The molecule has 0 saturated heterocycles. The van der Waals surface area contributed by atoms with Crippen molar-refractivity contribution in [2.45, 2.75) is 38.8 Å². The van der Waals surface area contributed by atoms with E-state index in [9.17, 15) is 4.39 Å². The average Bonchev–Trinajstić information content (AvgIpc) is 2.50. The standard InChI is InChI=1S/C18H22FN/c1-2-3-9-18(16-7-5-4-6-8-16)20-14-15-10-12-17(19)13-11-15/h4-8,10-13,18,20H,2-3,9,14H2,1H3. The zero-order valence-corrected chi connectivity index (χ0v) is 12.0. The molecule has 1 N–H and O–H groups in total. The Morgan fingerprint density at radius 2 is 1.70 bits per heavy atom. The summed E-state index contributed by atoms with van der Waals surface area (Å²) in [5.41, 5.74) is 2.44. The topological polar surface area (TPSA) is 12.0 Å². The lowest BCUT2D eigenvalue weighted by molar-refractivity contribution is 0.480. The summed E-state index contributed by atoms with van der Waals surface area (Å²) in [4.78, 5) is 0. The van der Waals surface area contributed by atoms with Crippen LogP contribution >= 0.6 is 0 Å². The van der Waals surface area contributed by atoms with Crippen LogP contribution in [0.25, 0.3) is 0 Å². The fourth-order valence-electron chi connectivity index (χ4n) is 2.32. The Hall–Kier alpha value is -1.67. The molecule has 106 valence electrons. The highest BCUT2D eigenvalue weighted by Gasteiger charge is 2.09. The van der Waals surface area contributed by atoms with Crippen molar-refractivity contribution in [3.63, 3.8) is 0 Å². The number of halogens is 1. The summed E-state index contributed by atoms with van der Waals surface area (Å²) in [6.45, 7) is 2.98. The van der Waals surface area contributed by atoms with Crippen LogP contribution in [0.15, 0.2) is 54.6 Å². The second kappa shape index (κ2) is 7.81. The van der Waals surface area contributed by atoms with Gasteiger partial charge in [0.15, 0.2) is 0 Å². The first-order chi connectivity index (χ1) is 9.79. The monoisotopic (exact) mass is 271 g/mol. The smallest absolute Gasteiger partial charge is 0.123 e. The van der Waals surface area contributed by atoms with Crippen molar-refractivity contribution in [3.8, 4) is 0 Å². The van der Waals surface area contributed by atoms with Gasteiger partial charge in [0.1, 0.15) is 5.82 Å². The first kappa shape index (κ1) is 14.7. The molecule has 0 spiro atoms. The lowest BCUT2D eigenvalue weighted by Crippen LogP contribution is -2.20. The van der Waals surface area contributed by atoms with Gasteiger partial charge >= 0.3 is 0 Å². The Kier molecular flexibility index (Phi) is 5.75. The fraction of sp³-hybridized carbons (Fsp3) is 0.333. The van der Waals surface area contributed by atoms with E-state index >= 15 is 0 Å². The van der Waals surface area contributed by atoms with Crippen LogP contribution in [0.5, 0.6) is 0 Å². The van der Waals surface area contributed by atoms with Crippen LogP contribution in [0.2, 0.25) is 0 Å². The molecule has 0 aliphatic rings. The molecule has 0 amide bonds. The van der Waals surface area contributed by atoms with Gasteiger partial charge < -0.3 is 5.32 Å². The maximum atomic E-state index is 12.9. The maximum Gasteiger partial charge on any atom is 0.123 e. The van der Waals surface area contributed by atoms with Gasteiger partial charge in [-0.3, -0.25) is 0 Å². The Labute approximate surface area is 120 Å². The summed E-state index contributed by atoms with van der Waals surface area (Å²) in [5.74, 6) is -0.181. The van der Waals surface area contributed by atoms with E-state index in [1.54, 1.807) is 0 Å². The van der Waals surface area contributed by atoms with Crippen molar-refractivity contribution in [1.29, 1.82) is 0 Å². The predicted molar refractivity (Wildman–Crippen MR) is 81.9 cm³/mol. The first-order valence-electron chi connectivity index (χ1n) is 7.32. The van der Waals surface area contributed by atoms with Gasteiger partial charge in [0.05, 0.1) is 0 Å². The number of unbranched alkanes of at least 4 members (excludes halogenated alkanes) is 1. The lowest BCUT2D eigenvalue weighted by Gasteiger charge is -2.19. The molecule has 0 saturated carbocycles. The molecule has 0 fully saturated rings. The Bertz CT molecular complexity index is 493. The Morgan fingerprint density at radius 3 is 2.35 bits per heavy atom. The van der Waals surface area contributed by atoms with Crippen LogP contribution in [-0.2, 0) is 6.54 Å². The molecule has 2 rings (SSSR count). The Balaban J connectivity index is 1.99. The minimum Gasteiger partial charge on any atom is -0.306 e. The van der Waals surface area contributed by atoms with Gasteiger partial charge in [-0.1, -0.05) is 62.2 Å². The van der Waals surface area contributed by atoms with E-state index in [1.807, 2.05) is 18.2 Å². The number of hydrogen-bond donors (Lipinski definition) is 1. The number of nitrogens with one attached hydrogen (secondary N) is 1. The Morgan fingerprint density at radius 1 is 1.00 bits per heavy atom. The van der Waals surface area contributed by atoms with Gasteiger partial charge in [0.25, 0.3) is 0 Å². The summed E-state index contributed by atoms with van der Waals surface area (Å²) < 4.78 is 12.9. The van der Waals surface area contributed by atoms with Crippen LogP contribution < -0.4 is 5.32 Å². The predicted octanol–water partition coefficient (Wildman–Crippen LogP) is 4.85. The van der Waals surface area contributed by atoms with E-state index in [1.165, 1.54) is 30.5 Å². The van der Waals surface area contributed by atoms with Gasteiger partial charge in [-0.15, -0.1) is 0 Å². The minimum absolute atomic E-state index is 0.181. The maximum absolute atomic E-state index is 12.9. The van der Waals surface area contributed by atoms with Crippen molar-refractivity contribution in [3.05, 3.63) is 71.5 Å². The molecule has 20 heavy (non-hydrogen) atoms. The van der Waals surface area contributed by atoms with Crippen molar-refractivity contribution in [2.24, 2.45) is 0 Å². The third-order valence-electron chi connectivity index (χ3n) is 3.51. The van der Waals surface area contributed by atoms with Gasteiger partial charge in [-0.25, -0.2) is 4.39 Å². The third-order valence-corrected chi connectivity index (χ3v) is 3.51. The second-order valence-electron chi connectivity index (χ2n) is 5.11. The summed E-state index contributed by atoms with van der Waals surface area (Å²) >= 11 is 0. The van der Waals surface area contributed by atoms with Crippen LogP contribution in [0.4, 0.5) is 4.39 Å². The molecule has 1 atom stereocenters. The zero-order valence-electron chi connectivity index (χ0n) is 12.0. The van der Waals surface area contributed by atoms with E-state index in [2.05, 4.69) is 36.5 Å². The quantitative estimate of drug-likeness (QED) is 0.759. The van der Waals surface area contributed by atoms with Gasteiger partial charge in [-0.2, -0.15) is 0 Å². The zero-order chi connectivity index (χ0) is 14.2. The fourth-order valence-corrected chi connectivity index (χ4v) is 2.32. The molecule has 0 aromatic heterocycles. The summed E-state index contributed by atoms with van der Waals surface area (Å²) in [5, 5.41) is 3.58. The van der Waals surface area contributed by atoms with Crippen molar-refractivity contribution >= 4 is 0 Å². The van der Waals surface area contributed by atoms with Crippen molar-refractivity contribution < 1.29 is 4.39 Å². The molecule has 0 aliphatic heterocycles. The van der Waals surface area contributed by atoms with Crippen LogP contribution in [-0.4, -0.2) is 0 Å². The molecule has 1 nitrogen and oxygen atoms in total. The van der Waals surface area contributed by atoms with E-state index in [0.29, 0.717) is 6.04 Å². The van der Waals surface area contributed by atoms with E-state index in [-0.39, 0.29) is 5.82 Å². The molecule has 1 unspecified atom stereocenters. The average molecular weight is 271 g/mol. The molecule has 0 radical (unpaired) electrons. The SMILES string of the molecule is CCCCC(NCc1ccc(F)cc1)c1ccccc1. The van der Waals surface area contributed by atoms with Crippen LogP contribution in [0.1, 0.15) is 43.4 Å². The minimum atomic E-state index is -0.181. The number of benzene rings is 2. The van der Waals surface area contributed by atoms with Gasteiger partial charge in [-0.05, 0) is 29.7 Å². The second-order valence-corrected chi connectivity index (χ2v) is 5.11. The molecular formula is C18H22FN. The summed E-state index contributed by atoms with van der Waals surface area (Å²) in [6, 6.07) is 17.6. The first-order valence-corrected chi connectivity index (χ1v) is 7.32. The van der Waals surface area contributed by atoms with Crippen LogP contribution in [0.3, 0.4) is 0 Å². The van der Waals surface area contributed by atoms with Crippen molar-refractivity contribution in [2.75, 3.05) is 0 Å². The number of hydrogen-bond acceptors (Lipinski definition) is 1. The molecule has 0 heterocycles. The summed E-state index contributed by atoms with van der Waals surface area (Å²) in [7, 11) is 0.